The van der Waals surface area contributed by atoms with Crippen LogP contribution in [-0.4, -0.2) is 0 Å². The molecule has 0 spiro atoms. The van der Waals surface area contributed by atoms with Gasteiger partial charge in [0.15, 0.2) is 5.43 Å². The van der Waals surface area contributed by atoms with Crippen LogP contribution in [0, 0.1) is 5.82 Å². The lowest BCUT2D eigenvalue weighted by Gasteiger charge is -2.05. The normalized spacial score (nSPS) is 10.9. The zero-order chi connectivity index (χ0) is 16.5. The molecule has 0 aliphatic rings. The van der Waals surface area contributed by atoms with E-state index in [1.165, 1.54) is 18.2 Å². The lowest BCUT2D eigenvalue weighted by molar-refractivity contribution is 0.619. The van der Waals surface area contributed by atoms with E-state index in [1.54, 1.807) is 24.3 Å². The summed E-state index contributed by atoms with van der Waals surface area (Å²) in [6.45, 7) is 0. The third-order valence-corrected chi connectivity index (χ3v) is 3.98. The molecular weight excluding hydrogens is 303 g/mol. The highest BCUT2D eigenvalue weighted by Crippen LogP contribution is 2.26. The molecule has 1 aromatic heterocycles. The molecule has 4 aromatic rings. The van der Waals surface area contributed by atoms with E-state index in [2.05, 4.69) is 0 Å². The number of halogens is 1. The molecule has 3 aromatic carbocycles. The maximum absolute atomic E-state index is 13.0. The Kier molecular flexibility index (Phi) is 3.47. The van der Waals surface area contributed by atoms with Crippen molar-refractivity contribution in [1.29, 1.82) is 0 Å². The van der Waals surface area contributed by atoms with Crippen molar-refractivity contribution in [2.24, 2.45) is 0 Å². The van der Waals surface area contributed by atoms with Crippen LogP contribution in [0.4, 0.5) is 4.39 Å². The molecule has 116 valence electrons. The minimum absolute atomic E-state index is 0.0607. The molecule has 0 unspecified atom stereocenters. The van der Waals surface area contributed by atoms with E-state index in [1.807, 2.05) is 36.4 Å². The lowest BCUT2D eigenvalue weighted by atomic mass is 10.0. The van der Waals surface area contributed by atoms with Gasteiger partial charge in [-0.2, -0.15) is 0 Å². The van der Waals surface area contributed by atoms with Crippen molar-refractivity contribution >= 4 is 11.0 Å². The molecular formula is C21H13FO2. The Morgan fingerprint density at radius 3 is 2.00 bits per heavy atom. The van der Waals surface area contributed by atoms with Crippen LogP contribution in [0.2, 0.25) is 0 Å². The van der Waals surface area contributed by atoms with E-state index in [0.29, 0.717) is 16.7 Å². The van der Waals surface area contributed by atoms with E-state index < -0.39 is 0 Å². The number of fused-ring (bicyclic) bond motifs is 1. The molecule has 2 nitrogen and oxygen atoms in total. The third-order valence-electron chi connectivity index (χ3n) is 3.98. The number of para-hydroxylation sites is 1. The van der Waals surface area contributed by atoms with Crippen molar-refractivity contribution in [3.05, 3.63) is 94.9 Å². The van der Waals surface area contributed by atoms with Gasteiger partial charge in [0.05, 0.1) is 5.39 Å². The van der Waals surface area contributed by atoms with Crippen LogP contribution in [0.25, 0.3) is 33.4 Å². The van der Waals surface area contributed by atoms with Gasteiger partial charge in [-0.15, -0.1) is 0 Å². The summed E-state index contributed by atoms with van der Waals surface area (Å²) in [7, 11) is 0. The van der Waals surface area contributed by atoms with Gasteiger partial charge in [-0.3, -0.25) is 4.79 Å². The first-order valence-electron chi connectivity index (χ1n) is 7.60. The predicted octanol–water partition coefficient (Wildman–Crippen LogP) is 5.27. The quantitative estimate of drug-likeness (QED) is 0.504. The lowest BCUT2D eigenvalue weighted by Crippen LogP contribution is -1.99. The summed E-state index contributed by atoms with van der Waals surface area (Å²) in [5.74, 6) is 0.276. The van der Waals surface area contributed by atoms with Crippen molar-refractivity contribution < 1.29 is 8.81 Å². The van der Waals surface area contributed by atoms with E-state index in [0.717, 1.165) is 16.7 Å². The Balaban J connectivity index is 1.75. The average Bonchev–Trinajstić information content (AvgIpc) is 2.62. The molecule has 0 fully saturated rings. The second-order valence-corrected chi connectivity index (χ2v) is 5.56. The van der Waals surface area contributed by atoms with Gasteiger partial charge in [0.2, 0.25) is 0 Å². The van der Waals surface area contributed by atoms with Crippen molar-refractivity contribution in [3.8, 4) is 22.5 Å². The molecule has 0 N–H and O–H groups in total. The standard InChI is InChI=1S/C21H13FO2/c22-17-11-9-15(10-12-17)14-5-7-16(8-6-14)21-13-19(23)18-3-1-2-4-20(18)24-21/h1-13H. The highest BCUT2D eigenvalue weighted by Gasteiger charge is 2.07. The van der Waals surface area contributed by atoms with Crippen LogP contribution in [0.15, 0.2) is 88.1 Å². The fraction of sp³-hybridized carbons (Fsp3) is 0. The van der Waals surface area contributed by atoms with Crippen LogP contribution in [-0.2, 0) is 0 Å². The summed E-state index contributed by atoms with van der Waals surface area (Å²) in [5, 5.41) is 0.573. The molecule has 3 heteroatoms. The fourth-order valence-electron chi connectivity index (χ4n) is 2.72. The molecule has 4 rings (SSSR count). The van der Waals surface area contributed by atoms with Crippen molar-refractivity contribution in [3.63, 3.8) is 0 Å². The van der Waals surface area contributed by atoms with Gasteiger partial charge in [0.1, 0.15) is 17.2 Å². The number of benzene rings is 3. The van der Waals surface area contributed by atoms with E-state index >= 15 is 0 Å². The molecule has 0 aliphatic heterocycles. The Morgan fingerprint density at radius 1 is 0.708 bits per heavy atom. The van der Waals surface area contributed by atoms with E-state index in [9.17, 15) is 9.18 Å². The third kappa shape index (κ3) is 2.61. The molecule has 0 bridgehead atoms. The largest absolute Gasteiger partial charge is 0.456 e. The first-order valence-corrected chi connectivity index (χ1v) is 7.60. The molecule has 0 amide bonds. The Morgan fingerprint density at radius 2 is 1.29 bits per heavy atom. The SMILES string of the molecule is O=c1cc(-c2ccc(-c3ccc(F)cc3)cc2)oc2ccccc12. The van der Waals surface area contributed by atoms with Crippen LogP contribution >= 0.6 is 0 Å². The minimum atomic E-state index is -0.256. The second-order valence-electron chi connectivity index (χ2n) is 5.56. The van der Waals surface area contributed by atoms with Gasteiger partial charge in [0, 0.05) is 11.6 Å². The minimum Gasteiger partial charge on any atom is -0.456 e. The number of rotatable bonds is 2. The summed E-state index contributed by atoms with van der Waals surface area (Å²) in [5.41, 5.74) is 3.24. The Labute approximate surface area is 137 Å². The summed E-state index contributed by atoms with van der Waals surface area (Å²) in [6.07, 6.45) is 0. The van der Waals surface area contributed by atoms with Gasteiger partial charge >= 0.3 is 0 Å². The van der Waals surface area contributed by atoms with Crippen molar-refractivity contribution in [1.82, 2.24) is 0 Å². The monoisotopic (exact) mass is 316 g/mol. The van der Waals surface area contributed by atoms with E-state index in [4.69, 9.17) is 4.42 Å². The first kappa shape index (κ1) is 14.4. The van der Waals surface area contributed by atoms with Gasteiger partial charge in [-0.1, -0.05) is 48.5 Å². The maximum Gasteiger partial charge on any atom is 0.193 e. The molecule has 0 aliphatic carbocycles. The van der Waals surface area contributed by atoms with Crippen LogP contribution in [0.1, 0.15) is 0 Å². The van der Waals surface area contributed by atoms with Crippen molar-refractivity contribution in [2.45, 2.75) is 0 Å². The predicted molar refractivity (Wildman–Crippen MR) is 93.3 cm³/mol. The van der Waals surface area contributed by atoms with Crippen LogP contribution < -0.4 is 5.43 Å². The zero-order valence-electron chi connectivity index (χ0n) is 12.7. The summed E-state index contributed by atoms with van der Waals surface area (Å²) >= 11 is 0. The van der Waals surface area contributed by atoms with Gasteiger partial charge in [0.25, 0.3) is 0 Å². The Bertz CT molecular complexity index is 1060. The van der Waals surface area contributed by atoms with Crippen LogP contribution in [0.5, 0.6) is 0 Å². The maximum atomic E-state index is 13.0. The number of hydrogen-bond acceptors (Lipinski definition) is 2. The fourth-order valence-corrected chi connectivity index (χ4v) is 2.72. The van der Waals surface area contributed by atoms with E-state index in [-0.39, 0.29) is 11.2 Å². The van der Waals surface area contributed by atoms with Gasteiger partial charge in [-0.05, 0) is 35.4 Å². The summed E-state index contributed by atoms with van der Waals surface area (Å²) in [6, 6.07) is 22.7. The molecule has 0 saturated carbocycles. The zero-order valence-corrected chi connectivity index (χ0v) is 12.7. The Hall–Kier alpha value is -3.20. The topological polar surface area (TPSA) is 30.2 Å². The molecule has 0 atom stereocenters. The molecule has 24 heavy (non-hydrogen) atoms. The summed E-state index contributed by atoms with van der Waals surface area (Å²) < 4.78 is 18.9. The molecule has 1 heterocycles. The molecule has 0 radical (unpaired) electrons. The second kappa shape index (κ2) is 5.78. The highest BCUT2D eigenvalue weighted by atomic mass is 19.1. The van der Waals surface area contributed by atoms with Gasteiger partial charge in [-0.25, -0.2) is 4.39 Å². The van der Waals surface area contributed by atoms with Crippen LogP contribution in [0.3, 0.4) is 0 Å². The first-order chi connectivity index (χ1) is 11.7. The van der Waals surface area contributed by atoms with Gasteiger partial charge < -0.3 is 4.42 Å². The summed E-state index contributed by atoms with van der Waals surface area (Å²) in [4.78, 5) is 12.2. The smallest absolute Gasteiger partial charge is 0.193 e. The average molecular weight is 316 g/mol. The highest BCUT2D eigenvalue weighted by molar-refractivity contribution is 5.78. The number of hydrogen-bond donors (Lipinski definition) is 0. The molecule has 0 saturated heterocycles. The van der Waals surface area contributed by atoms with Crippen molar-refractivity contribution in [2.75, 3.05) is 0 Å².